The number of rotatable bonds is 8. The lowest BCUT2D eigenvalue weighted by Crippen LogP contribution is -2.37. The molecule has 0 aliphatic carbocycles. The molecule has 0 saturated carbocycles. The number of carbonyl (C=O) groups excluding carboxylic acids is 1. The van der Waals surface area contributed by atoms with E-state index in [1.54, 1.807) is 41.6 Å². The number of nitrogens with zero attached hydrogens (tertiary/aromatic N) is 3. The van der Waals surface area contributed by atoms with Gasteiger partial charge in [0.1, 0.15) is 0 Å². The normalized spacial score (nSPS) is 11.0. The molecule has 0 aliphatic heterocycles. The van der Waals surface area contributed by atoms with Gasteiger partial charge in [-0.05, 0) is 56.2 Å². The summed E-state index contributed by atoms with van der Waals surface area (Å²) in [4.78, 5) is 30.4. The molecule has 2 aromatic rings. The van der Waals surface area contributed by atoms with Crippen molar-refractivity contribution in [2.45, 2.75) is 45.1 Å². The highest BCUT2D eigenvalue weighted by atomic mass is 32.2. The van der Waals surface area contributed by atoms with E-state index in [9.17, 15) is 14.9 Å². The number of hydrogen-bond acceptors (Lipinski definition) is 5. The number of amides is 1. The first-order valence-electron chi connectivity index (χ1n) is 8.96. The van der Waals surface area contributed by atoms with E-state index in [0.29, 0.717) is 22.1 Å². The molecule has 0 unspecified atom stereocenters. The highest BCUT2D eigenvalue weighted by molar-refractivity contribution is 7.99. The van der Waals surface area contributed by atoms with E-state index in [1.165, 1.54) is 17.8 Å². The van der Waals surface area contributed by atoms with E-state index in [0.717, 1.165) is 12.2 Å². The maximum absolute atomic E-state index is 13.0. The van der Waals surface area contributed by atoms with Crippen molar-refractivity contribution in [1.82, 2.24) is 4.98 Å². The van der Waals surface area contributed by atoms with Gasteiger partial charge in [0.05, 0.1) is 21.7 Å². The van der Waals surface area contributed by atoms with Crippen molar-refractivity contribution in [3.05, 3.63) is 58.4 Å². The third-order valence-electron chi connectivity index (χ3n) is 4.01. The predicted molar refractivity (Wildman–Crippen MR) is 109 cm³/mol. The number of carbonyl (C=O) groups is 1. The molecule has 0 N–H and O–H groups in total. The molecule has 1 aromatic heterocycles. The Morgan fingerprint density at radius 2 is 2.00 bits per heavy atom. The molecule has 1 amide bonds. The van der Waals surface area contributed by atoms with Gasteiger partial charge in [0, 0.05) is 23.9 Å². The second-order valence-electron chi connectivity index (χ2n) is 6.95. The van der Waals surface area contributed by atoms with Gasteiger partial charge in [-0.3, -0.25) is 19.9 Å². The van der Waals surface area contributed by atoms with Gasteiger partial charge >= 0.3 is 0 Å². The Morgan fingerprint density at radius 3 is 2.56 bits per heavy atom. The number of nitro groups is 1. The summed E-state index contributed by atoms with van der Waals surface area (Å²) in [5, 5.41) is 11.5. The smallest absolute Gasteiger partial charge is 0.283 e. The summed E-state index contributed by atoms with van der Waals surface area (Å²) in [6.45, 7) is 8.04. The zero-order valence-electron chi connectivity index (χ0n) is 16.1. The molecule has 6 nitrogen and oxygen atoms in total. The van der Waals surface area contributed by atoms with Gasteiger partial charge in [-0.1, -0.05) is 13.8 Å². The topological polar surface area (TPSA) is 76.3 Å². The van der Waals surface area contributed by atoms with Crippen LogP contribution in [-0.4, -0.2) is 27.6 Å². The number of aromatic nitrogens is 1. The fraction of sp³-hybridized carbons (Fsp3) is 0.400. The van der Waals surface area contributed by atoms with Crippen molar-refractivity contribution in [2.75, 3.05) is 10.7 Å². The number of thioether (sulfide) groups is 1. The van der Waals surface area contributed by atoms with Crippen molar-refractivity contribution in [2.24, 2.45) is 5.92 Å². The predicted octanol–water partition coefficient (Wildman–Crippen LogP) is 5.18. The maximum atomic E-state index is 13.0. The van der Waals surface area contributed by atoms with Crippen molar-refractivity contribution >= 4 is 29.0 Å². The number of pyridine rings is 1. The highest BCUT2D eigenvalue weighted by Gasteiger charge is 2.24. The molecule has 0 spiro atoms. The fourth-order valence-corrected chi connectivity index (χ4v) is 3.86. The Kier molecular flexibility index (Phi) is 7.36. The van der Waals surface area contributed by atoms with Crippen molar-refractivity contribution in [3.8, 4) is 0 Å². The molecule has 0 bridgehead atoms. The zero-order chi connectivity index (χ0) is 20.0. The molecule has 1 aromatic carbocycles. The van der Waals surface area contributed by atoms with Gasteiger partial charge in [0.15, 0.2) is 0 Å². The summed E-state index contributed by atoms with van der Waals surface area (Å²) in [6.07, 6.45) is 4.23. The van der Waals surface area contributed by atoms with Gasteiger partial charge in [-0.2, -0.15) is 0 Å². The Labute approximate surface area is 164 Å². The lowest BCUT2D eigenvalue weighted by atomic mass is 10.1. The third-order valence-corrected chi connectivity index (χ3v) is 5.11. The van der Waals surface area contributed by atoms with Crippen LogP contribution in [0.4, 0.5) is 11.4 Å². The summed E-state index contributed by atoms with van der Waals surface area (Å²) in [5.41, 5.74) is 0.937. The number of hydrogen-bond donors (Lipinski definition) is 0. The maximum Gasteiger partial charge on any atom is 0.283 e. The first-order chi connectivity index (χ1) is 12.8. The summed E-state index contributed by atoms with van der Waals surface area (Å²) in [5.74, 6) is 1.07. The molecule has 0 aliphatic rings. The molecular formula is C20H25N3O3S. The van der Waals surface area contributed by atoms with Crippen molar-refractivity contribution < 1.29 is 9.72 Å². The number of nitro benzene ring substituents is 1. The minimum atomic E-state index is -0.418. The Bertz CT molecular complexity index is 794. The molecule has 0 radical (unpaired) electrons. The molecular weight excluding hydrogens is 362 g/mol. The van der Waals surface area contributed by atoms with Crippen LogP contribution in [0.2, 0.25) is 0 Å². The summed E-state index contributed by atoms with van der Waals surface area (Å²) in [6, 6.07) is 8.17. The van der Waals surface area contributed by atoms with E-state index in [2.05, 4.69) is 18.8 Å². The molecule has 0 saturated heterocycles. The number of anilines is 1. The molecule has 0 fully saturated rings. The van der Waals surface area contributed by atoms with Gasteiger partial charge in [0.25, 0.3) is 11.6 Å². The Hall–Kier alpha value is -2.41. The monoisotopic (exact) mass is 387 g/mol. The van der Waals surface area contributed by atoms with Gasteiger partial charge in [0.2, 0.25) is 0 Å². The largest absolute Gasteiger partial charge is 0.304 e. The van der Waals surface area contributed by atoms with Gasteiger partial charge in [-0.25, -0.2) is 0 Å². The lowest BCUT2D eigenvalue weighted by Gasteiger charge is -2.26. The minimum Gasteiger partial charge on any atom is -0.304 e. The molecule has 144 valence electrons. The molecule has 7 heteroatoms. The average molecular weight is 388 g/mol. The standard InChI is InChI=1S/C20H25N3O3S/c1-14(2)9-11-27-19-8-7-16(12-18(19)23(25)26)20(24)22(15(3)4)17-6-5-10-21-13-17/h5-8,10,12-15H,9,11H2,1-4H3. The first-order valence-corrected chi connectivity index (χ1v) is 9.94. The Morgan fingerprint density at radius 1 is 1.26 bits per heavy atom. The van der Waals surface area contributed by atoms with Crippen LogP contribution < -0.4 is 4.90 Å². The van der Waals surface area contributed by atoms with Crippen molar-refractivity contribution in [1.29, 1.82) is 0 Å². The van der Waals surface area contributed by atoms with Crippen LogP contribution in [0.5, 0.6) is 0 Å². The molecule has 27 heavy (non-hydrogen) atoms. The van der Waals surface area contributed by atoms with Gasteiger partial charge < -0.3 is 4.90 Å². The quantitative estimate of drug-likeness (QED) is 0.354. The van der Waals surface area contributed by atoms with E-state index in [-0.39, 0.29) is 17.6 Å². The first kappa shape index (κ1) is 20.9. The van der Waals surface area contributed by atoms with Crippen LogP contribution in [0.3, 0.4) is 0 Å². The van der Waals surface area contributed by atoms with E-state index in [1.807, 2.05) is 13.8 Å². The lowest BCUT2D eigenvalue weighted by molar-refractivity contribution is -0.387. The summed E-state index contributed by atoms with van der Waals surface area (Å²) >= 11 is 1.46. The molecule has 2 rings (SSSR count). The average Bonchev–Trinajstić information content (AvgIpc) is 2.62. The van der Waals surface area contributed by atoms with Crippen LogP contribution in [-0.2, 0) is 0 Å². The second kappa shape index (κ2) is 9.50. The summed E-state index contributed by atoms with van der Waals surface area (Å²) in [7, 11) is 0. The Balaban J connectivity index is 2.32. The van der Waals surface area contributed by atoms with Crippen LogP contribution in [0.1, 0.15) is 44.5 Å². The van der Waals surface area contributed by atoms with Crippen LogP contribution in [0.25, 0.3) is 0 Å². The van der Waals surface area contributed by atoms with Crippen molar-refractivity contribution in [3.63, 3.8) is 0 Å². The van der Waals surface area contributed by atoms with Crippen LogP contribution in [0.15, 0.2) is 47.6 Å². The zero-order valence-corrected chi connectivity index (χ0v) is 16.9. The van der Waals surface area contributed by atoms with Crippen LogP contribution >= 0.6 is 11.8 Å². The molecule has 0 atom stereocenters. The highest BCUT2D eigenvalue weighted by Crippen LogP contribution is 2.32. The fourth-order valence-electron chi connectivity index (χ4n) is 2.60. The van der Waals surface area contributed by atoms with E-state index < -0.39 is 4.92 Å². The van der Waals surface area contributed by atoms with E-state index in [4.69, 9.17) is 0 Å². The third kappa shape index (κ3) is 5.53. The second-order valence-corrected chi connectivity index (χ2v) is 8.09. The van der Waals surface area contributed by atoms with Crippen LogP contribution in [0, 0.1) is 16.0 Å². The minimum absolute atomic E-state index is 0.0236. The molecule has 1 heterocycles. The van der Waals surface area contributed by atoms with Gasteiger partial charge in [-0.15, -0.1) is 11.8 Å². The van der Waals surface area contributed by atoms with E-state index >= 15 is 0 Å². The number of benzene rings is 1. The summed E-state index contributed by atoms with van der Waals surface area (Å²) < 4.78 is 0. The SMILES string of the molecule is CC(C)CCSc1ccc(C(=O)N(c2cccnc2)C(C)C)cc1[N+](=O)[O-].